The van der Waals surface area contributed by atoms with Crippen LogP contribution in [0.25, 0.3) is 0 Å². The average molecular weight is 352 g/mol. The Kier molecular flexibility index (Phi) is 5.89. The first kappa shape index (κ1) is 18.0. The fourth-order valence-electron chi connectivity index (χ4n) is 3.31. The van der Waals surface area contributed by atoms with E-state index in [-0.39, 0.29) is 17.7 Å². The summed E-state index contributed by atoms with van der Waals surface area (Å²) in [6.45, 7) is 1.62. The van der Waals surface area contributed by atoms with Crippen LogP contribution in [-0.2, 0) is 6.54 Å². The smallest absolute Gasteiger partial charge is 0.317 e. The van der Waals surface area contributed by atoms with Gasteiger partial charge in [0.2, 0.25) is 0 Å². The number of hydrogen-bond acceptors (Lipinski definition) is 3. The molecule has 3 rings (SSSR count). The molecule has 0 unspecified atom stereocenters. The number of nitrogens with zero attached hydrogens (tertiary/aromatic N) is 1. The molecule has 2 aromatic rings. The zero-order valence-corrected chi connectivity index (χ0v) is 15.0. The van der Waals surface area contributed by atoms with E-state index in [1.165, 1.54) is 0 Å². The Morgan fingerprint density at radius 2 is 1.69 bits per heavy atom. The zero-order chi connectivity index (χ0) is 18.4. The van der Waals surface area contributed by atoms with Gasteiger partial charge in [-0.15, -0.1) is 0 Å². The normalized spacial score (nSPS) is 14.7. The second-order valence-corrected chi connectivity index (χ2v) is 6.46. The molecule has 0 bridgehead atoms. The monoisotopic (exact) mass is 352 g/mol. The first-order chi connectivity index (χ1) is 12.7. The van der Waals surface area contributed by atoms with E-state index in [0.717, 1.165) is 16.9 Å². The van der Waals surface area contributed by atoms with Crippen molar-refractivity contribution >= 4 is 11.8 Å². The third-order valence-electron chi connectivity index (χ3n) is 4.83. The number of nitrogens with one attached hydrogen (secondary N) is 1. The molecule has 5 nitrogen and oxygen atoms in total. The number of carbonyl (C=O) groups excluding carboxylic acids is 2. The van der Waals surface area contributed by atoms with Crippen molar-refractivity contribution < 1.29 is 14.3 Å². The molecule has 0 aliphatic carbocycles. The lowest BCUT2D eigenvalue weighted by Gasteiger charge is -2.31. The van der Waals surface area contributed by atoms with Crippen LogP contribution in [0.5, 0.6) is 5.75 Å². The molecule has 1 aliphatic heterocycles. The number of para-hydroxylation sites is 1. The van der Waals surface area contributed by atoms with Gasteiger partial charge in [-0.05, 0) is 18.9 Å². The van der Waals surface area contributed by atoms with Crippen molar-refractivity contribution in [1.29, 1.82) is 0 Å². The quantitative estimate of drug-likeness (QED) is 0.838. The molecule has 0 saturated carbocycles. The second-order valence-electron chi connectivity index (χ2n) is 6.46. The predicted molar refractivity (Wildman–Crippen MR) is 100 cm³/mol. The molecule has 1 heterocycles. The lowest BCUT2D eigenvalue weighted by Crippen LogP contribution is -2.45. The van der Waals surface area contributed by atoms with Gasteiger partial charge in [0.1, 0.15) is 5.75 Å². The van der Waals surface area contributed by atoms with Crippen LogP contribution in [0.4, 0.5) is 4.79 Å². The first-order valence-electron chi connectivity index (χ1n) is 8.93. The Bertz CT molecular complexity index is 753. The van der Waals surface area contributed by atoms with Crippen LogP contribution in [0.3, 0.4) is 0 Å². The van der Waals surface area contributed by atoms with Crippen molar-refractivity contribution in [1.82, 2.24) is 10.2 Å². The third kappa shape index (κ3) is 4.23. The fraction of sp³-hybridized carbons (Fsp3) is 0.333. The number of hydrogen-bond donors (Lipinski definition) is 1. The van der Waals surface area contributed by atoms with Crippen LogP contribution in [0, 0.1) is 5.92 Å². The summed E-state index contributed by atoms with van der Waals surface area (Å²) in [6, 6.07) is 16.9. The van der Waals surface area contributed by atoms with Crippen molar-refractivity contribution in [2.45, 2.75) is 19.4 Å². The summed E-state index contributed by atoms with van der Waals surface area (Å²) < 4.78 is 5.30. The lowest BCUT2D eigenvalue weighted by atomic mass is 9.89. The molecule has 136 valence electrons. The molecule has 1 aliphatic rings. The van der Waals surface area contributed by atoms with E-state index in [1.54, 1.807) is 12.0 Å². The van der Waals surface area contributed by atoms with Crippen molar-refractivity contribution in [3.63, 3.8) is 0 Å². The molecule has 0 spiro atoms. The van der Waals surface area contributed by atoms with E-state index >= 15 is 0 Å². The summed E-state index contributed by atoms with van der Waals surface area (Å²) in [5.41, 5.74) is 1.70. The maximum absolute atomic E-state index is 12.5. The standard InChI is InChI=1S/C21H24N2O3/c1-26-19-10-6-5-9-18(19)15-22-21(25)23-13-11-17(12-14-23)20(24)16-7-3-2-4-8-16/h2-10,17H,11-15H2,1H3,(H,22,25). The van der Waals surface area contributed by atoms with E-state index in [1.807, 2.05) is 54.6 Å². The highest BCUT2D eigenvalue weighted by Crippen LogP contribution is 2.22. The van der Waals surface area contributed by atoms with Crippen LogP contribution in [0.2, 0.25) is 0 Å². The summed E-state index contributed by atoms with van der Waals surface area (Å²) in [5, 5.41) is 2.94. The number of benzene rings is 2. The van der Waals surface area contributed by atoms with E-state index in [2.05, 4.69) is 5.32 Å². The minimum absolute atomic E-state index is 0.00401. The second kappa shape index (κ2) is 8.52. The Hall–Kier alpha value is -2.82. The predicted octanol–water partition coefficient (Wildman–Crippen LogP) is 3.50. The number of piperidine rings is 1. The third-order valence-corrected chi connectivity index (χ3v) is 4.83. The highest BCUT2D eigenvalue weighted by Gasteiger charge is 2.27. The van der Waals surface area contributed by atoms with Gasteiger partial charge in [-0.25, -0.2) is 4.79 Å². The van der Waals surface area contributed by atoms with Crippen LogP contribution in [-0.4, -0.2) is 36.9 Å². The number of amides is 2. The van der Waals surface area contributed by atoms with Crippen LogP contribution in [0.1, 0.15) is 28.8 Å². The maximum atomic E-state index is 12.5. The SMILES string of the molecule is COc1ccccc1CNC(=O)N1CCC(C(=O)c2ccccc2)CC1. The van der Waals surface area contributed by atoms with Crippen LogP contribution >= 0.6 is 0 Å². The van der Waals surface area contributed by atoms with E-state index in [0.29, 0.717) is 32.5 Å². The number of Topliss-reactive ketones (excluding diaryl/α,β-unsaturated/α-hetero) is 1. The first-order valence-corrected chi connectivity index (χ1v) is 8.93. The Labute approximate surface area is 154 Å². The molecule has 2 aromatic carbocycles. The number of methoxy groups -OCH3 is 1. The highest BCUT2D eigenvalue weighted by molar-refractivity contribution is 5.97. The van der Waals surface area contributed by atoms with Gasteiger partial charge in [-0.3, -0.25) is 4.79 Å². The average Bonchev–Trinajstić information content (AvgIpc) is 2.72. The van der Waals surface area contributed by atoms with Gasteiger partial charge in [-0.2, -0.15) is 0 Å². The van der Waals surface area contributed by atoms with Gasteiger partial charge < -0.3 is 15.0 Å². The molecule has 2 amide bonds. The molecule has 5 heteroatoms. The Balaban J connectivity index is 1.50. The molecule has 1 saturated heterocycles. The van der Waals surface area contributed by atoms with E-state index in [4.69, 9.17) is 4.74 Å². The van der Waals surface area contributed by atoms with Crippen molar-refractivity contribution in [3.05, 3.63) is 65.7 Å². The van der Waals surface area contributed by atoms with Gasteiger partial charge in [-0.1, -0.05) is 48.5 Å². The number of ketones is 1. The summed E-state index contributed by atoms with van der Waals surface area (Å²) in [6.07, 6.45) is 1.41. The number of likely N-dealkylation sites (tertiary alicyclic amines) is 1. The number of urea groups is 1. The molecule has 0 atom stereocenters. The number of carbonyl (C=O) groups is 2. The van der Waals surface area contributed by atoms with Crippen molar-refractivity contribution in [2.24, 2.45) is 5.92 Å². The largest absolute Gasteiger partial charge is 0.496 e. The minimum atomic E-state index is -0.0958. The summed E-state index contributed by atoms with van der Waals surface area (Å²) in [7, 11) is 1.62. The zero-order valence-electron chi connectivity index (χ0n) is 15.0. The van der Waals surface area contributed by atoms with E-state index in [9.17, 15) is 9.59 Å². The van der Waals surface area contributed by atoms with Gasteiger partial charge in [0.25, 0.3) is 0 Å². The molecular weight excluding hydrogens is 328 g/mol. The number of ether oxygens (including phenoxy) is 1. The Morgan fingerprint density at radius 1 is 1.04 bits per heavy atom. The summed E-state index contributed by atoms with van der Waals surface area (Å²) in [5.74, 6) is 0.940. The van der Waals surface area contributed by atoms with Gasteiger partial charge in [0.05, 0.1) is 7.11 Å². The summed E-state index contributed by atoms with van der Waals surface area (Å²) in [4.78, 5) is 26.7. The molecule has 26 heavy (non-hydrogen) atoms. The van der Waals surface area contributed by atoms with Crippen molar-refractivity contribution in [3.8, 4) is 5.75 Å². The van der Waals surface area contributed by atoms with E-state index < -0.39 is 0 Å². The fourth-order valence-corrected chi connectivity index (χ4v) is 3.31. The van der Waals surface area contributed by atoms with Gasteiger partial charge in [0, 0.05) is 36.7 Å². The highest BCUT2D eigenvalue weighted by atomic mass is 16.5. The van der Waals surface area contributed by atoms with Crippen molar-refractivity contribution in [2.75, 3.05) is 20.2 Å². The minimum Gasteiger partial charge on any atom is -0.496 e. The molecule has 1 fully saturated rings. The molecule has 0 radical (unpaired) electrons. The van der Waals surface area contributed by atoms with Crippen LogP contribution < -0.4 is 10.1 Å². The number of rotatable bonds is 5. The van der Waals surface area contributed by atoms with Gasteiger partial charge >= 0.3 is 6.03 Å². The molecule has 1 N–H and O–H groups in total. The van der Waals surface area contributed by atoms with Gasteiger partial charge in [0.15, 0.2) is 5.78 Å². The lowest BCUT2D eigenvalue weighted by molar-refractivity contribution is 0.0854. The topological polar surface area (TPSA) is 58.6 Å². The Morgan fingerprint density at radius 3 is 2.38 bits per heavy atom. The summed E-state index contributed by atoms with van der Waals surface area (Å²) >= 11 is 0. The molecule has 0 aromatic heterocycles. The van der Waals surface area contributed by atoms with Crippen LogP contribution in [0.15, 0.2) is 54.6 Å². The maximum Gasteiger partial charge on any atom is 0.317 e. The molecular formula is C21H24N2O3.